The molecular weight excluding hydrogens is 374 g/mol. The first-order valence-corrected chi connectivity index (χ1v) is 7.25. The van der Waals surface area contributed by atoms with Gasteiger partial charge in [-0.3, -0.25) is 9.48 Å². The van der Waals surface area contributed by atoms with Crippen LogP contribution in [0.1, 0.15) is 16.1 Å². The van der Waals surface area contributed by atoms with E-state index in [0.717, 1.165) is 14.6 Å². The molecule has 1 amide bonds. The molecule has 0 saturated carbocycles. The zero-order chi connectivity index (χ0) is 14.0. The molecule has 0 aliphatic heterocycles. The van der Waals surface area contributed by atoms with Crippen molar-refractivity contribution < 1.29 is 4.79 Å². The summed E-state index contributed by atoms with van der Waals surface area (Å²) in [5.74, 6) is -0.0272. The summed E-state index contributed by atoms with van der Waals surface area (Å²) in [5, 5.41) is 4.14. The molecule has 0 N–H and O–H groups in total. The number of rotatable bonds is 3. The monoisotopic (exact) mass is 385 g/mol. The Hall–Kier alpha value is -1.14. The zero-order valence-corrected chi connectivity index (χ0v) is 13.8. The Morgan fingerprint density at radius 1 is 1.32 bits per heavy atom. The van der Waals surface area contributed by atoms with Crippen molar-refractivity contribution in [2.45, 2.75) is 6.54 Å². The van der Waals surface area contributed by atoms with Crippen molar-refractivity contribution in [3.63, 3.8) is 0 Å². The highest BCUT2D eigenvalue weighted by atomic mass is 79.9. The van der Waals surface area contributed by atoms with E-state index in [1.165, 1.54) is 0 Å². The van der Waals surface area contributed by atoms with Crippen molar-refractivity contribution in [3.8, 4) is 0 Å². The standard InChI is InChI=1S/C13H13Br2N3O/c1-17(8-12-11(15)7-16-18(12)2)13(19)9-5-3-4-6-10(9)14/h3-7H,8H2,1-2H3. The maximum Gasteiger partial charge on any atom is 0.255 e. The summed E-state index contributed by atoms with van der Waals surface area (Å²) in [5.41, 5.74) is 1.62. The Morgan fingerprint density at radius 2 is 2.00 bits per heavy atom. The van der Waals surface area contributed by atoms with Crippen LogP contribution in [0.25, 0.3) is 0 Å². The average molecular weight is 387 g/mol. The first-order valence-electron chi connectivity index (χ1n) is 5.67. The number of carbonyl (C=O) groups excluding carboxylic acids is 1. The highest BCUT2D eigenvalue weighted by Crippen LogP contribution is 2.20. The Balaban J connectivity index is 2.19. The summed E-state index contributed by atoms with van der Waals surface area (Å²) >= 11 is 6.83. The molecule has 0 spiro atoms. The number of nitrogens with zero attached hydrogens (tertiary/aromatic N) is 3. The van der Waals surface area contributed by atoms with Crippen LogP contribution in [0.4, 0.5) is 0 Å². The summed E-state index contributed by atoms with van der Waals surface area (Å²) in [6.07, 6.45) is 1.73. The van der Waals surface area contributed by atoms with Gasteiger partial charge in [0.15, 0.2) is 0 Å². The number of hydrogen-bond acceptors (Lipinski definition) is 2. The molecule has 0 unspecified atom stereocenters. The maximum atomic E-state index is 12.4. The van der Waals surface area contributed by atoms with Gasteiger partial charge in [-0.15, -0.1) is 0 Å². The quantitative estimate of drug-likeness (QED) is 0.812. The molecule has 19 heavy (non-hydrogen) atoms. The Morgan fingerprint density at radius 3 is 2.58 bits per heavy atom. The largest absolute Gasteiger partial charge is 0.336 e. The topological polar surface area (TPSA) is 38.1 Å². The van der Waals surface area contributed by atoms with Crippen molar-refractivity contribution in [1.29, 1.82) is 0 Å². The molecule has 100 valence electrons. The number of hydrogen-bond donors (Lipinski definition) is 0. The zero-order valence-electron chi connectivity index (χ0n) is 10.6. The number of benzene rings is 1. The fraction of sp³-hybridized carbons (Fsp3) is 0.231. The van der Waals surface area contributed by atoms with Gasteiger partial charge in [-0.05, 0) is 44.0 Å². The van der Waals surface area contributed by atoms with Crippen LogP contribution in [0, 0.1) is 0 Å². The minimum Gasteiger partial charge on any atom is -0.336 e. The molecule has 0 bridgehead atoms. The molecule has 0 saturated heterocycles. The summed E-state index contributed by atoms with van der Waals surface area (Å²) in [6.45, 7) is 0.497. The third-order valence-corrected chi connectivity index (χ3v) is 4.20. The van der Waals surface area contributed by atoms with Gasteiger partial charge >= 0.3 is 0 Å². The molecule has 2 rings (SSSR count). The summed E-state index contributed by atoms with van der Waals surface area (Å²) < 4.78 is 3.46. The van der Waals surface area contributed by atoms with Crippen molar-refractivity contribution in [3.05, 3.63) is 50.7 Å². The van der Waals surface area contributed by atoms with Crippen LogP contribution >= 0.6 is 31.9 Å². The molecule has 6 heteroatoms. The smallest absolute Gasteiger partial charge is 0.255 e. The first-order chi connectivity index (χ1) is 9.00. The lowest BCUT2D eigenvalue weighted by atomic mass is 10.2. The van der Waals surface area contributed by atoms with E-state index in [0.29, 0.717) is 12.1 Å². The fourth-order valence-corrected chi connectivity index (χ4v) is 2.68. The number of halogens is 2. The van der Waals surface area contributed by atoms with Gasteiger partial charge in [0.2, 0.25) is 0 Å². The number of aromatic nitrogens is 2. The first kappa shape index (κ1) is 14.3. The molecule has 0 atom stereocenters. The molecule has 0 fully saturated rings. The van der Waals surface area contributed by atoms with E-state index in [-0.39, 0.29) is 5.91 Å². The van der Waals surface area contributed by atoms with E-state index < -0.39 is 0 Å². The molecule has 4 nitrogen and oxygen atoms in total. The lowest BCUT2D eigenvalue weighted by Gasteiger charge is -2.18. The Bertz CT molecular complexity index is 590. The lowest BCUT2D eigenvalue weighted by molar-refractivity contribution is 0.0781. The molecule has 1 aromatic carbocycles. The van der Waals surface area contributed by atoms with Crippen LogP contribution in [-0.2, 0) is 13.6 Å². The van der Waals surface area contributed by atoms with Crippen LogP contribution < -0.4 is 0 Å². The van der Waals surface area contributed by atoms with Gasteiger partial charge < -0.3 is 4.90 Å². The van der Waals surface area contributed by atoms with Gasteiger partial charge in [0.25, 0.3) is 5.91 Å². The van der Waals surface area contributed by atoms with E-state index in [1.807, 2.05) is 25.2 Å². The average Bonchev–Trinajstić information content (AvgIpc) is 2.70. The normalized spacial score (nSPS) is 10.5. The van der Waals surface area contributed by atoms with E-state index in [4.69, 9.17) is 0 Å². The van der Waals surface area contributed by atoms with Gasteiger partial charge in [0, 0.05) is 18.6 Å². The number of carbonyl (C=O) groups is 1. The molecule has 2 aromatic rings. The van der Waals surface area contributed by atoms with Crippen LogP contribution in [0.2, 0.25) is 0 Å². The minimum absolute atomic E-state index is 0.0272. The van der Waals surface area contributed by atoms with E-state index in [9.17, 15) is 4.79 Å². The molecule has 0 radical (unpaired) electrons. The minimum atomic E-state index is -0.0272. The molecule has 1 heterocycles. The van der Waals surface area contributed by atoms with E-state index in [1.54, 1.807) is 28.9 Å². The van der Waals surface area contributed by atoms with Crippen LogP contribution in [0.15, 0.2) is 39.4 Å². The van der Waals surface area contributed by atoms with Crippen LogP contribution in [0.3, 0.4) is 0 Å². The maximum absolute atomic E-state index is 12.4. The molecular formula is C13H13Br2N3O. The Labute approximate surface area is 128 Å². The highest BCUT2D eigenvalue weighted by Gasteiger charge is 2.17. The van der Waals surface area contributed by atoms with Crippen molar-refractivity contribution in [2.24, 2.45) is 7.05 Å². The second kappa shape index (κ2) is 5.88. The van der Waals surface area contributed by atoms with Gasteiger partial charge in [-0.1, -0.05) is 12.1 Å². The van der Waals surface area contributed by atoms with Gasteiger partial charge in [-0.2, -0.15) is 5.10 Å². The predicted octanol–water partition coefficient (Wildman–Crippen LogP) is 3.22. The highest BCUT2D eigenvalue weighted by molar-refractivity contribution is 9.10. The molecule has 1 aromatic heterocycles. The van der Waals surface area contributed by atoms with Gasteiger partial charge in [-0.25, -0.2) is 0 Å². The third-order valence-electron chi connectivity index (χ3n) is 2.85. The molecule has 0 aliphatic carbocycles. The molecule has 0 aliphatic rings. The second-order valence-corrected chi connectivity index (χ2v) is 5.91. The van der Waals surface area contributed by atoms with Crippen molar-refractivity contribution in [1.82, 2.24) is 14.7 Å². The Kier molecular flexibility index (Phi) is 4.42. The number of amides is 1. The van der Waals surface area contributed by atoms with Crippen LogP contribution in [-0.4, -0.2) is 27.6 Å². The van der Waals surface area contributed by atoms with E-state index in [2.05, 4.69) is 37.0 Å². The summed E-state index contributed by atoms with van der Waals surface area (Å²) in [7, 11) is 3.64. The van der Waals surface area contributed by atoms with Gasteiger partial charge in [0.05, 0.1) is 28.5 Å². The second-order valence-electron chi connectivity index (χ2n) is 4.20. The number of aryl methyl sites for hydroxylation is 1. The fourth-order valence-electron chi connectivity index (χ4n) is 1.75. The van der Waals surface area contributed by atoms with Crippen molar-refractivity contribution >= 4 is 37.8 Å². The van der Waals surface area contributed by atoms with Crippen molar-refractivity contribution in [2.75, 3.05) is 7.05 Å². The predicted molar refractivity (Wildman–Crippen MR) is 80.8 cm³/mol. The van der Waals surface area contributed by atoms with Crippen LogP contribution in [0.5, 0.6) is 0 Å². The van der Waals surface area contributed by atoms with E-state index >= 15 is 0 Å². The third kappa shape index (κ3) is 3.06. The SMILES string of the molecule is CN(Cc1c(Br)cnn1C)C(=O)c1ccccc1Br. The summed E-state index contributed by atoms with van der Waals surface area (Å²) in [4.78, 5) is 14.0. The lowest BCUT2D eigenvalue weighted by Crippen LogP contribution is -2.27. The summed E-state index contributed by atoms with van der Waals surface area (Å²) in [6, 6.07) is 7.41. The van der Waals surface area contributed by atoms with Gasteiger partial charge in [0.1, 0.15) is 0 Å².